The molecule has 72 valence electrons. The van der Waals surface area contributed by atoms with Crippen LogP contribution in [0.2, 0.25) is 0 Å². The molecular weight excluding hydrogens is 188 g/mol. The lowest BCUT2D eigenvalue weighted by molar-refractivity contribution is 0.0696. The molecule has 0 saturated heterocycles. The molecule has 0 aliphatic heterocycles. The molecule has 1 heterocycles. The second kappa shape index (κ2) is 4.97. The van der Waals surface area contributed by atoms with E-state index in [2.05, 4.69) is 6.92 Å². The van der Waals surface area contributed by atoms with E-state index in [0.717, 1.165) is 23.7 Å². The maximum atomic E-state index is 10.5. The smallest absolute Gasteiger partial charge is 0.338 e. The van der Waals surface area contributed by atoms with Crippen LogP contribution >= 0.6 is 11.8 Å². The zero-order valence-electron chi connectivity index (χ0n) is 7.45. The van der Waals surface area contributed by atoms with Gasteiger partial charge in [0, 0.05) is 0 Å². The fourth-order valence-corrected chi connectivity index (χ4v) is 1.67. The standard InChI is InChI=1S/C9H12O3S/c1-2-3-13-6-8-4-7(5-12-8)9(10)11/h4-5H,2-3,6H2,1H3,(H,10,11). The van der Waals surface area contributed by atoms with Crippen molar-refractivity contribution < 1.29 is 14.3 Å². The Labute approximate surface area is 81.1 Å². The van der Waals surface area contributed by atoms with Gasteiger partial charge in [0.15, 0.2) is 0 Å². The molecule has 1 aromatic heterocycles. The SMILES string of the molecule is CCCSCc1cc(C(=O)O)co1. The molecule has 1 aromatic rings. The van der Waals surface area contributed by atoms with Crippen molar-refractivity contribution in [3.63, 3.8) is 0 Å². The molecule has 13 heavy (non-hydrogen) atoms. The average Bonchev–Trinajstić information content (AvgIpc) is 2.53. The van der Waals surface area contributed by atoms with Gasteiger partial charge in [-0.3, -0.25) is 0 Å². The van der Waals surface area contributed by atoms with E-state index in [9.17, 15) is 4.79 Å². The second-order valence-electron chi connectivity index (χ2n) is 2.66. The van der Waals surface area contributed by atoms with Crippen LogP contribution in [0, 0.1) is 0 Å². The number of rotatable bonds is 5. The maximum absolute atomic E-state index is 10.5. The van der Waals surface area contributed by atoms with Crippen LogP contribution in [0.1, 0.15) is 29.5 Å². The normalized spacial score (nSPS) is 10.2. The Bertz CT molecular complexity index is 280. The van der Waals surface area contributed by atoms with Gasteiger partial charge in [-0.15, -0.1) is 0 Å². The van der Waals surface area contributed by atoms with Crippen molar-refractivity contribution in [2.75, 3.05) is 5.75 Å². The van der Waals surface area contributed by atoms with Gasteiger partial charge in [0.25, 0.3) is 0 Å². The Morgan fingerprint density at radius 2 is 2.46 bits per heavy atom. The minimum absolute atomic E-state index is 0.229. The van der Waals surface area contributed by atoms with Crippen LogP contribution in [0.5, 0.6) is 0 Å². The summed E-state index contributed by atoms with van der Waals surface area (Å²) >= 11 is 1.74. The van der Waals surface area contributed by atoms with Crippen LogP contribution in [0.15, 0.2) is 16.7 Å². The minimum atomic E-state index is -0.935. The summed E-state index contributed by atoms with van der Waals surface area (Å²) in [6.45, 7) is 2.11. The van der Waals surface area contributed by atoms with Crippen molar-refractivity contribution in [3.05, 3.63) is 23.7 Å². The van der Waals surface area contributed by atoms with Gasteiger partial charge < -0.3 is 9.52 Å². The highest BCUT2D eigenvalue weighted by Crippen LogP contribution is 2.15. The van der Waals surface area contributed by atoms with E-state index in [1.807, 2.05) is 0 Å². The van der Waals surface area contributed by atoms with Gasteiger partial charge in [-0.05, 0) is 18.2 Å². The molecule has 0 aliphatic carbocycles. The summed E-state index contributed by atoms with van der Waals surface area (Å²) in [4.78, 5) is 10.5. The third kappa shape index (κ3) is 3.14. The van der Waals surface area contributed by atoms with Gasteiger partial charge in [-0.1, -0.05) is 6.92 Å². The van der Waals surface area contributed by atoms with Crippen molar-refractivity contribution in [2.45, 2.75) is 19.1 Å². The summed E-state index contributed by atoms with van der Waals surface area (Å²) in [5.74, 6) is 1.62. The number of hydrogen-bond acceptors (Lipinski definition) is 3. The van der Waals surface area contributed by atoms with E-state index in [1.54, 1.807) is 17.8 Å². The third-order valence-electron chi connectivity index (χ3n) is 1.49. The lowest BCUT2D eigenvalue weighted by Crippen LogP contribution is -1.91. The van der Waals surface area contributed by atoms with E-state index in [-0.39, 0.29) is 5.56 Å². The highest BCUT2D eigenvalue weighted by molar-refractivity contribution is 7.98. The van der Waals surface area contributed by atoms with Crippen LogP contribution in [0.3, 0.4) is 0 Å². The van der Waals surface area contributed by atoms with Crippen molar-refractivity contribution in [2.24, 2.45) is 0 Å². The van der Waals surface area contributed by atoms with E-state index in [1.165, 1.54) is 6.26 Å². The lowest BCUT2D eigenvalue weighted by Gasteiger charge is -1.93. The van der Waals surface area contributed by atoms with E-state index >= 15 is 0 Å². The fraction of sp³-hybridized carbons (Fsp3) is 0.444. The zero-order valence-corrected chi connectivity index (χ0v) is 8.26. The monoisotopic (exact) mass is 200 g/mol. The van der Waals surface area contributed by atoms with Crippen LogP contribution < -0.4 is 0 Å². The molecule has 0 bridgehead atoms. The van der Waals surface area contributed by atoms with Gasteiger partial charge in [0.2, 0.25) is 0 Å². The van der Waals surface area contributed by atoms with Gasteiger partial charge in [-0.25, -0.2) is 4.79 Å². The van der Waals surface area contributed by atoms with E-state index in [0.29, 0.717) is 0 Å². The maximum Gasteiger partial charge on any atom is 0.338 e. The molecule has 1 rings (SSSR count). The van der Waals surface area contributed by atoms with Crippen molar-refractivity contribution in [1.82, 2.24) is 0 Å². The highest BCUT2D eigenvalue weighted by atomic mass is 32.2. The summed E-state index contributed by atoms with van der Waals surface area (Å²) in [7, 11) is 0. The average molecular weight is 200 g/mol. The summed E-state index contributed by atoms with van der Waals surface area (Å²) in [5.41, 5.74) is 0.229. The molecule has 0 unspecified atom stereocenters. The van der Waals surface area contributed by atoms with Gasteiger partial charge in [0.05, 0.1) is 11.3 Å². The topological polar surface area (TPSA) is 50.4 Å². The number of thioether (sulfide) groups is 1. The Morgan fingerprint density at radius 1 is 1.69 bits per heavy atom. The lowest BCUT2D eigenvalue weighted by atomic mass is 10.3. The Morgan fingerprint density at radius 3 is 3.00 bits per heavy atom. The predicted octanol–water partition coefficient (Wildman–Crippen LogP) is 2.62. The number of hydrogen-bond donors (Lipinski definition) is 1. The van der Waals surface area contributed by atoms with Gasteiger partial charge in [0.1, 0.15) is 12.0 Å². The Hall–Kier alpha value is -0.900. The molecule has 0 amide bonds. The Balaban J connectivity index is 2.44. The molecular formula is C9H12O3S. The molecule has 4 heteroatoms. The molecule has 0 fully saturated rings. The van der Waals surface area contributed by atoms with Gasteiger partial charge >= 0.3 is 5.97 Å². The van der Waals surface area contributed by atoms with Crippen molar-refractivity contribution in [1.29, 1.82) is 0 Å². The Kier molecular flexibility index (Phi) is 3.89. The highest BCUT2D eigenvalue weighted by Gasteiger charge is 2.07. The van der Waals surface area contributed by atoms with Crippen LogP contribution in [-0.4, -0.2) is 16.8 Å². The third-order valence-corrected chi connectivity index (χ3v) is 2.68. The number of furan rings is 1. The quantitative estimate of drug-likeness (QED) is 0.742. The molecule has 1 N–H and O–H groups in total. The first kappa shape index (κ1) is 10.2. The largest absolute Gasteiger partial charge is 0.478 e. The fourth-order valence-electron chi connectivity index (χ4n) is 0.886. The molecule has 3 nitrogen and oxygen atoms in total. The number of carboxylic acid groups (broad SMARTS) is 1. The van der Waals surface area contributed by atoms with Crippen molar-refractivity contribution >= 4 is 17.7 Å². The first-order valence-corrected chi connectivity index (χ1v) is 5.28. The molecule has 0 spiro atoms. The van der Waals surface area contributed by atoms with Gasteiger partial charge in [-0.2, -0.15) is 11.8 Å². The van der Waals surface area contributed by atoms with Crippen LogP contribution in [-0.2, 0) is 5.75 Å². The predicted molar refractivity (Wildman–Crippen MR) is 52.1 cm³/mol. The minimum Gasteiger partial charge on any atom is -0.478 e. The summed E-state index contributed by atoms with van der Waals surface area (Å²) in [6, 6.07) is 1.57. The molecule has 0 radical (unpaired) electrons. The number of carboxylic acids is 1. The number of aromatic carboxylic acids is 1. The molecule has 0 aromatic carbocycles. The molecule has 0 atom stereocenters. The summed E-state index contributed by atoms with van der Waals surface area (Å²) < 4.78 is 5.07. The first-order chi connectivity index (χ1) is 6.24. The summed E-state index contributed by atoms with van der Waals surface area (Å²) in [6.07, 6.45) is 2.40. The molecule has 0 aliphatic rings. The van der Waals surface area contributed by atoms with Crippen LogP contribution in [0.4, 0.5) is 0 Å². The molecule has 0 saturated carbocycles. The number of carbonyl (C=O) groups is 1. The second-order valence-corrected chi connectivity index (χ2v) is 3.76. The van der Waals surface area contributed by atoms with Crippen LogP contribution in [0.25, 0.3) is 0 Å². The van der Waals surface area contributed by atoms with E-state index < -0.39 is 5.97 Å². The summed E-state index contributed by atoms with van der Waals surface area (Å²) in [5, 5.41) is 8.60. The first-order valence-electron chi connectivity index (χ1n) is 4.12. The van der Waals surface area contributed by atoms with Crippen molar-refractivity contribution in [3.8, 4) is 0 Å². The van der Waals surface area contributed by atoms with E-state index in [4.69, 9.17) is 9.52 Å². The zero-order chi connectivity index (χ0) is 9.68.